The van der Waals surface area contributed by atoms with Crippen LogP contribution in [0.15, 0.2) is 0 Å². The van der Waals surface area contributed by atoms with E-state index >= 15 is 0 Å². The molecule has 2 nitrogen and oxygen atoms in total. The van der Waals surface area contributed by atoms with Crippen LogP contribution in [0.2, 0.25) is 0 Å². The van der Waals surface area contributed by atoms with E-state index < -0.39 is 0 Å². The second kappa shape index (κ2) is 37.5. The van der Waals surface area contributed by atoms with Crippen LogP contribution in [0.4, 0.5) is 0 Å². The Balaban J connectivity index is 0. The van der Waals surface area contributed by atoms with Gasteiger partial charge in [0.1, 0.15) is 0 Å². The molecule has 0 fully saturated rings. The van der Waals surface area contributed by atoms with Gasteiger partial charge in [0, 0.05) is 0 Å². The Kier molecular flexibility index (Phi) is 333. The fraction of sp³-hybridized carbons (Fsp3) is 0. The van der Waals surface area contributed by atoms with E-state index in [0.29, 0.717) is 0 Å². The van der Waals surface area contributed by atoms with Crippen molar-refractivity contribution < 1.29 is 47.6 Å². The minimum atomic E-state index is 0. The topological polar surface area (TPSA) is 63.0 Å². The van der Waals surface area contributed by atoms with Crippen LogP contribution in [-0.2, 0) is 0 Å². The molecule has 6 heteroatoms. The summed E-state index contributed by atoms with van der Waals surface area (Å²) in [6.07, 6.45) is 0. The number of rotatable bonds is 0. The molecule has 0 saturated carbocycles. The molecule has 0 spiro atoms. The molecule has 0 aromatic carbocycles. The minimum Gasteiger partial charge on any atom is -1.00 e. The van der Waals surface area contributed by atoms with Crippen molar-refractivity contribution in [3.63, 3.8) is 0 Å². The normalized spacial score (nSPS) is 0. The second-order valence-corrected chi connectivity index (χ2v) is 0. The SMILES string of the molecule is Cl.O.O.[Ca+2].[Ca+2].[H-].[H-].[H-].[H-].[H-].[Na+]. The third-order valence-electron chi connectivity index (χ3n) is 0. The molecule has 0 aromatic heterocycles. The van der Waals surface area contributed by atoms with Gasteiger partial charge in [-0.15, -0.1) is 12.4 Å². The molecule has 0 aliphatic heterocycles. The molecule has 0 unspecified atom stereocenters. The van der Waals surface area contributed by atoms with Gasteiger partial charge < -0.3 is 18.1 Å². The van der Waals surface area contributed by atoms with Crippen molar-refractivity contribution in [2.24, 2.45) is 0 Å². The standard InChI is InChI=1S/2Ca.ClH.Na.2H2O.5H/h;;1H;;2*1H2;;;;;/q2*+2;;+1;;;5*-1. The predicted octanol–water partition coefficient (Wildman–Crippen LogP) is -4.42. The van der Waals surface area contributed by atoms with Crippen LogP contribution >= 0.6 is 12.4 Å². The first-order valence-corrected chi connectivity index (χ1v) is 0. The maximum atomic E-state index is 0. The molecular formula is H10Ca2ClNaO2. The molecule has 0 atom stereocenters. The molecule has 6 heavy (non-hydrogen) atoms. The summed E-state index contributed by atoms with van der Waals surface area (Å²) < 4.78 is 0. The Labute approximate surface area is 133 Å². The Morgan fingerprint density at radius 2 is 0.833 bits per heavy atom. The molecule has 0 radical (unpaired) electrons. The summed E-state index contributed by atoms with van der Waals surface area (Å²) >= 11 is 0. The average molecular weight is 181 g/mol. The molecule has 34 valence electrons. The van der Waals surface area contributed by atoms with Gasteiger partial charge in [0.25, 0.3) is 0 Å². The van der Waals surface area contributed by atoms with E-state index in [0.717, 1.165) is 0 Å². The Morgan fingerprint density at radius 3 is 0.833 bits per heavy atom. The molecule has 0 aliphatic carbocycles. The van der Waals surface area contributed by atoms with Crippen molar-refractivity contribution in [3.05, 3.63) is 0 Å². The molecule has 0 bridgehead atoms. The van der Waals surface area contributed by atoms with Gasteiger partial charge in [-0.2, -0.15) is 0 Å². The third kappa shape index (κ3) is 25.2. The van der Waals surface area contributed by atoms with Crippen molar-refractivity contribution >= 4 is 87.9 Å². The Hall–Kier alpha value is 3.73. The summed E-state index contributed by atoms with van der Waals surface area (Å²) in [5.74, 6) is 0. The van der Waals surface area contributed by atoms with Crippen LogP contribution in [0.1, 0.15) is 7.13 Å². The van der Waals surface area contributed by atoms with Gasteiger partial charge >= 0.3 is 105 Å². The summed E-state index contributed by atoms with van der Waals surface area (Å²) in [4.78, 5) is 0. The molecular weight excluding hydrogens is 171 g/mol. The summed E-state index contributed by atoms with van der Waals surface area (Å²) in [7, 11) is 0. The summed E-state index contributed by atoms with van der Waals surface area (Å²) in [6, 6.07) is 0. The predicted molar refractivity (Wildman–Crippen MR) is 31.5 cm³/mol. The zero-order valence-corrected chi connectivity index (χ0v) is 11.1. The maximum absolute atomic E-state index is 0. The minimum absolute atomic E-state index is 0. The maximum Gasteiger partial charge on any atom is 2.00 e. The molecule has 0 amide bonds. The van der Waals surface area contributed by atoms with E-state index in [1.165, 1.54) is 0 Å². The fourth-order valence-electron chi connectivity index (χ4n) is 0. The van der Waals surface area contributed by atoms with E-state index in [-0.39, 0.29) is 136 Å². The van der Waals surface area contributed by atoms with E-state index in [4.69, 9.17) is 0 Å². The van der Waals surface area contributed by atoms with Gasteiger partial charge in [0.2, 0.25) is 0 Å². The van der Waals surface area contributed by atoms with Gasteiger partial charge in [-0.25, -0.2) is 0 Å². The molecule has 0 rings (SSSR count). The van der Waals surface area contributed by atoms with Gasteiger partial charge in [0.05, 0.1) is 0 Å². The smallest absolute Gasteiger partial charge is 1.00 e. The summed E-state index contributed by atoms with van der Waals surface area (Å²) in [5.41, 5.74) is 0. The monoisotopic (exact) mass is 180 g/mol. The number of hydrogen-bond acceptors (Lipinski definition) is 0. The fourth-order valence-corrected chi connectivity index (χ4v) is 0. The van der Waals surface area contributed by atoms with Crippen LogP contribution in [-0.4, -0.2) is 86.4 Å². The van der Waals surface area contributed by atoms with Crippen LogP contribution < -0.4 is 29.6 Å². The molecule has 0 saturated heterocycles. The molecule has 0 aliphatic rings. The van der Waals surface area contributed by atoms with Gasteiger partial charge in [-0.3, -0.25) is 0 Å². The van der Waals surface area contributed by atoms with Crippen LogP contribution in [0.25, 0.3) is 0 Å². The number of hydrogen-bond donors (Lipinski definition) is 0. The van der Waals surface area contributed by atoms with E-state index in [1.54, 1.807) is 0 Å². The quantitative estimate of drug-likeness (QED) is 0.338. The number of halogens is 1. The van der Waals surface area contributed by atoms with Crippen molar-refractivity contribution in [2.45, 2.75) is 0 Å². The Morgan fingerprint density at radius 1 is 0.833 bits per heavy atom. The van der Waals surface area contributed by atoms with Gasteiger partial charge in [-0.05, 0) is 0 Å². The molecule has 0 aromatic rings. The van der Waals surface area contributed by atoms with Crippen LogP contribution in [0.3, 0.4) is 0 Å². The van der Waals surface area contributed by atoms with E-state index in [2.05, 4.69) is 0 Å². The Bertz CT molecular complexity index is 22.4. The molecule has 4 N–H and O–H groups in total. The van der Waals surface area contributed by atoms with Crippen molar-refractivity contribution in [3.8, 4) is 0 Å². The largest absolute Gasteiger partial charge is 2.00 e. The second-order valence-electron chi connectivity index (χ2n) is 0. The van der Waals surface area contributed by atoms with Gasteiger partial charge in [0.15, 0.2) is 0 Å². The van der Waals surface area contributed by atoms with E-state index in [9.17, 15) is 0 Å². The summed E-state index contributed by atoms with van der Waals surface area (Å²) in [5, 5.41) is 0. The van der Waals surface area contributed by atoms with Crippen molar-refractivity contribution in [2.75, 3.05) is 0 Å². The summed E-state index contributed by atoms with van der Waals surface area (Å²) in [6.45, 7) is 0. The molecule has 0 heterocycles. The first-order chi connectivity index (χ1) is 0. The zero-order chi connectivity index (χ0) is 0. The average Bonchev–Trinajstić information content (AvgIpc) is 0. The first-order valence-electron chi connectivity index (χ1n) is 0. The third-order valence-corrected chi connectivity index (χ3v) is 0. The van der Waals surface area contributed by atoms with Crippen LogP contribution in [0, 0.1) is 0 Å². The zero-order valence-electron chi connectivity index (χ0n) is 8.82. The van der Waals surface area contributed by atoms with Crippen molar-refractivity contribution in [1.29, 1.82) is 0 Å². The van der Waals surface area contributed by atoms with E-state index in [1.807, 2.05) is 0 Å². The van der Waals surface area contributed by atoms with Crippen LogP contribution in [0.5, 0.6) is 0 Å². The van der Waals surface area contributed by atoms with Gasteiger partial charge in [-0.1, -0.05) is 0 Å². The first kappa shape index (κ1) is 53.3. The van der Waals surface area contributed by atoms with Crippen molar-refractivity contribution in [1.82, 2.24) is 0 Å².